The quantitative estimate of drug-likeness (QED) is 0.555. The van der Waals surface area contributed by atoms with E-state index >= 15 is 0 Å². The summed E-state index contributed by atoms with van der Waals surface area (Å²) in [6.45, 7) is 0.525. The normalized spacial score (nSPS) is 20.5. The number of hydrogen-bond donors (Lipinski definition) is 3. The Morgan fingerprint density at radius 3 is 2.92 bits per heavy atom. The van der Waals surface area contributed by atoms with Crippen LogP contribution < -0.4 is 10.5 Å². The number of ether oxygens (including phenoxy) is 1. The number of fused-ring (bicyclic) bond motifs is 1. The van der Waals surface area contributed by atoms with Crippen molar-refractivity contribution < 1.29 is 14.9 Å². The van der Waals surface area contributed by atoms with Crippen LogP contribution in [-0.2, 0) is 0 Å². The molecule has 1 aromatic rings. The smallest absolute Gasteiger partial charge is 0.131 e. The van der Waals surface area contributed by atoms with Crippen molar-refractivity contribution in [1.82, 2.24) is 0 Å². The zero-order valence-electron chi connectivity index (χ0n) is 7.03. The molecule has 0 radical (unpaired) electrons. The summed E-state index contributed by atoms with van der Waals surface area (Å²) in [6, 6.07) is 2.53. The molecule has 0 aliphatic carbocycles. The SMILES string of the molecule is NC1CCOc2cc(O)cc(O)c21. The number of aromatic hydroxyl groups is 2. The summed E-state index contributed by atoms with van der Waals surface area (Å²) in [5, 5.41) is 18.7. The molecule has 0 bridgehead atoms. The van der Waals surface area contributed by atoms with Crippen LogP contribution in [0.3, 0.4) is 0 Å². The molecule has 0 spiro atoms. The summed E-state index contributed by atoms with van der Waals surface area (Å²) in [6.07, 6.45) is 0.686. The highest BCUT2D eigenvalue weighted by atomic mass is 16.5. The molecule has 2 rings (SSSR count). The number of rotatable bonds is 0. The second-order valence-corrected chi connectivity index (χ2v) is 3.12. The number of phenols is 2. The highest BCUT2D eigenvalue weighted by Crippen LogP contribution is 2.39. The van der Waals surface area contributed by atoms with Crippen LogP contribution in [0.4, 0.5) is 0 Å². The topological polar surface area (TPSA) is 75.7 Å². The molecule has 13 heavy (non-hydrogen) atoms. The lowest BCUT2D eigenvalue weighted by molar-refractivity contribution is 0.262. The van der Waals surface area contributed by atoms with Gasteiger partial charge in [0.1, 0.15) is 17.2 Å². The molecule has 1 unspecified atom stereocenters. The highest BCUT2D eigenvalue weighted by molar-refractivity contribution is 5.51. The van der Waals surface area contributed by atoms with Crippen LogP contribution in [0.5, 0.6) is 17.2 Å². The molecular weight excluding hydrogens is 170 g/mol. The van der Waals surface area contributed by atoms with Crippen LogP contribution in [0.15, 0.2) is 12.1 Å². The summed E-state index contributed by atoms with van der Waals surface area (Å²) in [5.41, 5.74) is 6.36. The Labute approximate surface area is 75.6 Å². The monoisotopic (exact) mass is 181 g/mol. The van der Waals surface area contributed by atoms with E-state index in [1.807, 2.05) is 0 Å². The first-order valence-electron chi connectivity index (χ1n) is 4.12. The van der Waals surface area contributed by atoms with Crippen molar-refractivity contribution in [2.45, 2.75) is 12.5 Å². The Kier molecular flexibility index (Phi) is 1.77. The van der Waals surface area contributed by atoms with Crippen LogP contribution in [0.25, 0.3) is 0 Å². The van der Waals surface area contributed by atoms with Gasteiger partial charge in [0.25, 0.3) is 0 Å². The van der Waals surface area contributed by atoms with E-state index in [0.29, 0.717) is 24.3 Å². The first-order chi connectivity index (χ1) is 6.18. The lowest BCUT2D eigenvalue weighted by Gasteiger charge is -2.23. The number of hydrogen-bond acceptors (Lipinski definition) is 4. The van der Waals surface area contributed by atoms with E-state index in [-0.39, 0.29) is 17.5 Å². The van der Waals surface area contributed by atoms with Gasteiger partial charge in [-0.1, -0.05) is 0 Å². The zero-order valence-corrected chi connectivity index (χ0v) is 7.03. The maximum Gasteiger partial charge on any atom is 0.131 e. The van der Waals surface area contributed by atoms with Crippen molar-refractivity contribution in [3.8, 4) is 17.2 Å². The first kappa shape index (κ1) is 8.19. The molecule has 4 N–H and O–H groups in total. The van der Waals surface area contributed by atoms with E-state index in [0.717, 1.165) is 0 Å². The van der Waals surface area contributed by atoms with Gasteiger partial charge in [0.05, 0.1) is 12.2 Å². The Bertz CT molecular complexity index is 338. The maximum atomic E-state index is 9.49. The number of benzene rings is 1. The summed E-state index contributed by atoms with van der Waals surface area (Å²) in [4.78, 5) is 0. The summed E-state index contributed by atoms with van der Waals surface area (Å²) < 4.78 is 5.26. The molecule has 1 heterocycles. The fourth-order valence-electron chi connectivity index (χ4n) is 1.53. The van der Waals surface area contributed by atoms with Crippen LogP contribution >= 0.6 is 0 Å². The van der Waals surface area contributed by atoms with Crippen molar-refractivity contribution in [1.29, 1.82) is 0 Å². The van der Waals surface area contributed by atoms with Crippen molar-refractivity contribution in [2.24, 2.45) is 5.73 Å². The van der Waals surface area contributed by atoms with Crippen LogP contribution in [0.2, 0.25) is 0 Å². The molecule has 0 amide bonds. The number of nitrogens with two attached hydrogens (primary N) is 1. The van der Waals surface area contributed by atoms with Crippen LogP contribution in [0, 0.1) is 0 Å². The molecule has 1 aliphatic rings. The van der Waals surface area contributed by atoms with E-state index in [2.05, 4.69) is 0 Å². The Balaban J connectivity index is 2.56. The molecule has 1 aliphatic heterocycles. The van der Waals surface area contributed by atoms with Crippen molar-refractivity contribution in [3.05, 3.63) is 17.7 Å². The van der Waals surface area contributed by atoms with Crippen LogP contribution in [0.1, 0.15) is 18.0 Å². The molecule has 4 heteroatoms. The predicted octanol–water partition coefficient (Wildman–Crippen LogP) is 0.880. The molecule has 1 atom stereocenters. The minimum absolute atomic E-state index is 0.00204. The minimum Gasteiger partial charge on any atom is -0.508 e. The molecule has 4 nitrogen and oxygen atoms in total. The van der Waals surface area contributed by atoms with E-state index in [9.17, 15) is 10.2 Å². The minimum atomic E-state index is -0.204. The van der Waals surface area contributed by atoms with Crippen LogP contribution in [-0.4, -0.2) is 16.8 Å². The summed E-state index contributed by atoms with van der Waals surface area (Å²) in [5.74, 6) is 0.476. The molecule has 0 fully saturated rings. The molecular formula is C9H11NO3. The Morgan fingerprint density at radius 2 is 2.15 bits per heavy atom. The lowest BCUT2D eigenvalue weighted by atomic mass is 10.0. The second-order valence-electron chi connectivity index (χ2n) is 3.12. The molecule has 0 saturated heterocycles. The first-order valence-corrected chi connectivity index (χ1v) is 4.12. The van der Waals surface area contributed by atoms with E-state index in [4.69, 9.17) is 10.5 Å². The van der Waals surface area contributed by atoms with Gasteiger partial charge < -0.3 is 20.7 Å². The zero-order chi connectivity index (χ0) is 9.42. The van der Waals surface area contributed by atoms with E-state index in [1.165, 1.54) is 12.1 Å². The van der Waals surface area contributed by atoms with Gasteiger partial charge in [-0.15, -0.1) is 0 Å². The predicted molar refractivity (Wildman–Crippen MR) is 46.8 cm³/mol. The highest BCUT2D eigenvalue weighted by Gasteiger charge is 2.22. The lowest BCUT2D eigenvalue weighted by Crippen LogP contribution is -2.20. The van der Waals surface area contributed by atoms with Crippen molar-refractivity contribution in [2.75, 3.05) is 6.61 Å². The third-order valence-corrected chi connectivity index (χ3v) is 2.16. The van der Waals surface area contributed by atoms with Gasteiger partial charge in [0, 0.05) is 24.6 Å². The average molecular weight is 181 g/mol. The van der Waals surface area contributed by atoms with Gasteiger partial charge in [-0.2, -0.15) is 0 Å². The van der Waals surface area contributed by atoms with Crippen molar-refractivity contribution >= 4 is 0 Å². The van der Waals surface area contributed by atoms with Gasteiger partial charge in [0.15, 0.2) is 0 Å². The Hall–Kier alpha value is -1.42. The largest absolute Gasteiger partial charge is 0.508 e. The number of phenolic OH excluding ortho intramolecular Hbond substituents is 2. The van der Waals surface area contributed by atoms with Gasteiger partial charge in [-0.05, 0) is 0 Å². The summed E-state index contributed by atoms with van der Waals surface area (Å²) >= 11 is 0. The third kappa shape index (κ3) is 1.29. The summed E-state index contributed by atoms with van der Waals surface area (Å²) in [7, 11) is 0. The van der Waals surface area contributed by atoms with Gasteiger partial charge in [0.2, 0.25) is 0 Å². The van der Waals surface area contributed by atoms with Gasteiger partial charge in [-0.3, -0.25) is 0 Å². The van der Waals surface area contributed by atoms with E-state index < -0.39 is 0 Å². The molecule has 0 saturated carbocycles. The third-order valence-electron chi connectivity index (χ3n) is 2.16. The van der Waals surface area contributed by atoms with E-state index in [1.54, 1.807) is 0 Å². The maximum absolute atomic E-state index is 9.49. The standard InChI is InChI=1S/C9H11NO3/c10-6-1-2-13-8-4-5(11)3-7(12)9(6)8/h3-4,6,11-12H,1-2,10H2. The molecule has 1 aromatic carbocycles. The molecule has 0 aromatic heterocycles. The fourth-order valence-corrected chi connectivity index (χ4v) is 1.53. The van der Waals surface area contributed by atoms with Gasteiger partial charge in [-0.25, -0.2) is 0 Å². The van der Waals surface area contributed by atoms with Crippen molar-refractivity contribution in [3.63, 3.8) is 0 Å². The van der Waals surface area contributed by atoms with Gasteiger partial charge >= 0.3 is 0 Å². The second kappa shape index (κ2) is 2.81. The Morgan fingerprint density at radius 1 is 1.38 bits per heavy atom. The fraction of sp³-hybridized carbons (Fsp3) is 0.333. The average Bonchev–Trinajstić information content (AvgIpc) is 2.02. The molecule has 70 valence electrons.